The third-order valence-electron chi connectivity index (χ3n) is 6.84. The van der Waals surface area contributed by atoms with Crippen molar-refractivity contribution in [3.8, 4) is 0 Å². The highest BCUT2D eigenvalue weighted by Crippen LogP contribution is 2.54. The maximum atomic E-state index is 11.9. The summed E-state index contributed by atoms with van der Waals surface area (Å²) in [5, 5.41) is 17.7. The SMILES string of the molecule is Cn1nccc1C1CC2CCC(O)(C1)N2C(c1ccccc1Cl)c1ccccc1Cl. The Morgan fingerprint density at radius 3 is 2.20 bits per heavy atom. The van der Waals surface area contributed by atoms with E-state index in [0.717, 1.165) is 30.4 Å². The Balaban J connectivity index is 1.60. The Morgan fingerprint density at radius 1 is 1.03 bits per heavy atom. The van der Waals surface area contributed by atoms with Crippen LogP contribution in [0.15, 0.2) is 60.8 Å². The average Bonchev–Trinajstić information content (AvgIpc) is 3.23. The van der Waals surface area contributed by atoms with E-state index >= 15 is 0 Å². The quantitative estimate of drug-likeness (QED) is 0.576. The van der Waals surface area contributed by atoms with Crippen molar-refractivity contribution in [1.82, 2.24) is 14.7 Å². The van der Waals surface area contributed by atoms with Crippen LogP contribution in [0, 0.1) is 0 Å². The highest BCUT2D eigenvalue weighted by molar-refractivity contribution is 6.32. The van der Waals surface area contributed by atoms with Gasteiger partial charge in [-0.3, -0.25) is 9.58 Å². The highest BCUT2D eigenvalue weighted by Gasteiger charge is 2.54. The minimum Gasteiger partial charge on any atom is -0.376 e. The molecule has 5 rings (SSSR count). The van der Waals surface area contributed by atoms with Crippen LogP contribution in [0.4, 0.5) is 0 Å². The molecule has 3 heterocycles. The van der Waals surface area contributed by atoms with Crippen molar-refractivity contribution >= 4 is 23.2 Å². The second kappa shape index (κ2) is 7.69. The fourth-order valence-electron chi connectivity index (χ4n) is 5.57. The molecule has 2 bridgehead atoms. The summed E-state index contributed by atoms with van der Waals surface area (Å²) in [7, 11) is 1.98. The first-order chi connectivity index (χ1) is 14.5. The molecule has 0 saturated carbocycles. The second-order valence-corrected chi connectivity index (χ2v) is 9.36. The molecule has 2 aliphatic heterocycles. The molecule has 3 aromatic rings. The van der Waals surface area contributed by atoms with Crippen LogP contribution in [0.3, 0.4) is 0 Å². The van der Waals surface area contributed by atoms with E-state index in [0.29, 0.717) is 16.5 Å². The Labute approximate surface area is 187 Å². The molecule has 0 spiro atoms. The number of halogens is 2. The topological polar surface area (TPSA) is 41.3 Å². The minimum atomic E-state index is -0.916. The zero-order chi connectivity index (χ0) is 20.9. The van der Waals surface area contributed by atoms with Gasteiger partial charge in [0.05, 0.1) is 6.04 Å². The lowest BCUT2D eigenvalue weighted by atomic mass is 9.83. The summed E-state index contributed by atoms with van der Waals surface area (Å²) < 4.78 is 1.93. The molecular weight excluding hydrogens is 417 g/mol. The van der Waals surface area contributed by atoms with E-state index in [1.165, 1.54) is 5.69 Å². The van der Waals surface area contributed by atoms with Crippen molar-refractivity contribution in [2.75, 3.05) is 0 Å². The summed E-state index contributed by atoms with van der Waals surface area (Å²) in [5.74, 6) is 0.282. The fraction of sp³-hybridized carbons (Fsp3) is 0.375. The van der Waals surface area contributed by atoms with Gasteiger partial charge in [0.1, 0.15) is 5.72 Å². The van der Waals surface area contributed by atoms with E-state index in [9.17, 15) is 5.11 Å². The number of hydrogen-bond donors (Lipinski definition) is 1. The van der Waals surface area contributed by atoms with E-state index < -0.39 is 5.72 Å². The maximum Gasteiger partial charge on any atom is 0.120 e. The van der Waals surface area contributed by atoms with Gasteiger partial charge in [-0.25, -0.2) is 0 Å². The number of aromatic nitrogens is 2. The Bertz CT molecular complexity index is 1020. The summed E-state index contributed by atoms with van der Waals surface area (Å²) in [4.78, 5) is 2.28. The average molecular weight is 442 g/mol. The molecule has 2 fully saturated rings. The lowest BCUT2D eigenvalue weighted by Gasteiger charge is -2.49. The standard InChI is InChI=1S/C24H25Cl2N3O/c1-28-22(11-13-27-28)16-14-17-10-12-24(30,15-16)29(17)23(18-6-2-4-8-20(18)25)19-7-3-5-9-21(19)26/h2-9,11,13,16-17,23,30H,10,12,14-15H2,1H3. The number of benzene rings is 2. The third kappa shape index (κ3) is 3.27. The van der Waals surface area contributed by atoms with Crippen molar-refractivity contribution < 1.29 is 5.11 Å². The lowest BCUT2D eigenvalue weighted by Crippen LogP contribution is -2.54. The van der Waals surface area contributed by atoms with Gasteiger partial charge in [0.15, 0.2) is 0 Å². The van der Waals surface area contributed by atoms with Gasteiger partial charge in [-0.15, -0.1) is 0 Å². The Kier molecular flexibility index (Phi) is 5.14. The first-order valence-electron chi connectivity index (χ1n) is 10.5. The first kappa shape index (κ1) is 20.1. The third-order valence-corrected chi connectivity index (χ3v) is 7.53. The van der Waals surface area contributed by atoms with E-state index in [1.54, 1.807) is 0 Å². The second-order valence-electron chi connectivity index (χ2n) is 8.54. The van der Waals surface area contributed by atoms with Crippen LogP contribution in [0.2, 0.25) is 10.0 Å². The van der Waals surface area contributed by atoms with Crippen molar-refractivity contribution in [3.63, 3.8) is 0 Å². The van der Waals surface area contributed by atoms with E-state index in [-0.39, 0.29) is 18.0 Å². The van der Waals surface area contributed by atoms with Crippen LogP contribution < -0.4 is 0 Å². The van der Waals surface area contributed by atoms with Crippen LogP contribution in [0.25, 0.3) is 0 Å². The predicted octanol–water partition coefficient (Wildman–Crippen LogP) is 5.55. The summed E-state index contributed by atoms with van der Waals surface area (Å²) in [6.45, 7) is 0. The van der Waals surface area contributed by atoms with Gasteiger partial charge < -0.3 is 5.11 Å². The van der Waals surface area contributed by atoms with Gasteiger partial charge in [0.25, 0.3) is 0 Å². The van der Waals surface area contributed by atoms with Crippen LogP contribution in [0.5, 0.6) is 0 Å². The molecule has 0 aliphatic carbocycles. The molecule has 6 heteroatoms. The molecule has 2 saturated heterocycles. The van der Waals surface area contributed by atoms with Gasteiger partial charge >= 0.3 is 0 Å². The summed E-state index contributed by atoms with van der Waals surface area (Å²) in [6, 6.07) is 17.9. The molecule has 2 aliphatic rings. The summed E-state index contributed by atoms with van der Waals surface area (Å²) in [5.41, 5.74) is 2.24. The number of fused-ring (bicyclic) bond motifs is 2. The molecule has 3 unspecified atom stereocenters. The molecule has 4 nitrogen and oxygen atoms in total. The van der Waals surface area contributed by atoms with E-state index in [2.05, 4.69) is 16.1 Å². The highest BCUT2D eigenvalue weighted by atomic mass is 35.5. The molecule has 0 radical (unpaired) electrons. The molecule has 2 aromatic carbocycles. The van der Waals surface area contributed by atoms with Crippen molar-refractivity contribution in [2.24, 2.45) is 7.05 Å². The van der Waals surface area contributed by atoms with Crippen LogP contribution >= 0.6 is 23.2 Å². The van der Waals surface area contributed by atoms with Gasteiger partial charge in [-0.05, 0) is 55.0 Å². The largest absolute Gasteiger partial charge is 0.376 e. The van der Waals surface area contributed by atoms with Gasteiger partial charge in [0, 0.05) is 40.9 Å². The zero-order valence-corrected chi connectivity index (χ0v) is 18.4. The summed E-state index contributed by atoms with van der Waals surface area (Å²) in [6.07, 6.45) is 5.19. The molecule has 3 atom stereocenters. The number of nitrogens with zero attached hydrogens (tertiary/aromatic N) is 3. The Morgan fingerprint density at radius 2 is 1.67 bits per heavy atom. The molecule has 156 valence electrons. The normalized spacial score (nSPS) is 26.4. The summed E-state index contributed by atoms with van der Waals surface area (Å²) >= 11 is 13.3. The molecule has 1 aromatic heterocycles. The molecular formula is C24H25Cl2N3O. The zero-order valence-electron chi connectivity index (χ0n) is 16.9. The van der Waals surface area contributed by atoms with Crippen LogP contribution in [-0.4, -0.2) is 31.6 Å². The molecule has 0 amide bonds. The van der Waals surface area contributed by atoms with Crippen molar-refractivity contribution in [3.05, 3.63) is 87.7 Å². The van der Waals surface area contributed by atoms with Gasteiger partial charge in [-0.1, -0.05) is 59.6 Å². The van der Waals surface area contributed by atoms with Crippen LogP contribution in [0.1, 0.15) is 54.5 Å². The number of hydrogen-bond acceptors (Lipinski definition) is 3. The number of piperidine rings is 1. The first-order valence-corrected chi connectivity index (χ1v) is 11.2. The van der Waals surface area contributed by atoms with Crippen molar-refractivity contribution in [2.45, 2.75) is 49.4 Å². The van der Waals surface area contributed by atoms with Gasteiger partial charge in [0.2, 0.25) is 0 Å². The van der Waals surface area contributed by atoms with Crippen molar-refractivity contribution in [1.29, 1.82) is 0 Å². The lowest BCUT2D eigenvalue weighted by molar-refractivity contribution is -0.139. The smallest absolute Gasteiger partial charge is 0.120 e. The monoisotopic (exact) mass is 441 g/mol. The van der Waals surface area contributed by atoms with E-state index in [1.807, 2.05) is 66.5 Å². The Hall–Kier alpha value is -1.85. The van der Waals surface area contributed by atoms with Gasteiger partial charge in [-0.2, -0.15) is 5.10 Å². The predicted molar refractivity (Wildman–Crippen MR) is 120 cm³/mol. The maximum absolute atomic E-state index is 11.9. The van der Waals surface area contributed by atoms with Crippen LogP contribution in [-0.2, 0) is 7.05 Å². The number of aliphatic hydroxyl groups is 1. The molecule has 30 heavy (non-hydrogen) atoms. The number of aryl methyl sites for hydroxylation is 1. The number of rotatable bonds is 4. The fourth-order valence-corrected chi connectivity index (χ4v) is 6.05. The molecule has 1 N–H and O–H groups in total. The van der Waals surface area contributed by atoms with E-state index in [4.69, 9.17) is 23.2 Å². The minimum absolute atomic E-state index is 0.197.